The summed E-state index contributed by atoms with van der Waals surface area (Å²) in [6.45, 7) is 0.0442. The fraction of sp³-hybridized carbons (Fsp3) is 0.0769. The lowest BCUT2D eigenvalue weighted by Crippen LogP contribution is -2.21. The number of oxime groups is 1. The zero-order chi connectivity index (χ0) is 15.2. The summed E-state index contributed by atoms with van der Waals surface area (Å²) in [5.74, 6) is -0.933. The molecule has 2 aromatic rings. The van der Waals surface area contributed by atoms with Gasteiger partial charge in [0.05, 0.1) is 5.69 Å². The van der Waals surface area contributed by atoms with Gasteiger partial charge in [0.25, 0.3) is 5.91 Å². The molecule has 6 nitrogen and oxygen atoms in total. The van der Waals surface area contributed by atoms with E-state index in [0.717, 1.165) is 10.6 Å². The molecular formula is C13H9ClN4O2S. The number of aromatic nitrogens is 1. The number of carbonyl (C=O) groups is 1. The first kappa shape index (κ1) is 15.0. The van der Waals surface area contributed by atoms with Gasteiger partial charge in [-0.2, -0.15) is 5.26 Å². The van der Waals surface area contributed by atoms with Crippen molar-refractivity contribution in [3.8, 4) is 16.6 Å². The van der Waals surface area contributed by atoms with Crippen molar-refractivity contribution in [2.24, 2.45) is 10.9 Å². The highest BCUT2D eigenvalue weighted by molar-refractivity contribution is 7.13. The van der Waals surface area contributed by atoms with Crippen molar-refractivity contribution < 1.29 is 9.63 Å². The van der Waals surface area contributed by atoms with E-state index in [4.69, 9.17) is 27.4 Å². The molecule has 1 amide bonds. The predicted octanol–water partition coefficient (Wildman–Crippen LogP) is 2.34. The first-order valence-corrected chi connectivity index (χ1v) is 6.96. The molecule has 0 atom stereocenters. The lowest BCUT2D eigenvalue weighted by molar-refractivity contribution is -0.112. The summed E-state index contributed by atoms with van der Waals surface area (Å²) >= 11 is 7.27. The summed E-state index contributed by atoms with van der Waals surface area (Å²) < 4.78 is 0. The fourth-order valence-electron chi connectivity index (χ4n) is 1.38. The molecule has 0 saturated heterocycles. The van der Waals surface area contributed by atoms with Gasteiger partial charge in [-0.1, -0.05) is 28.9 Å². The number of nitriles is 1. The van der Waals surface area contributed by atoms with Crippen LogP contribution in [-0.2, 0) is 16.2 Å². The van der Waals surface area contributed by atoms with Gasteiger partial charge in [-0.05, 0) is 12.1 Å². The number of halogens is 1. The van der Waals surface area contributed by atoms with Crippen molar-refractivity contribution in [2.75, 3.05) is 0 Å². The number of hydrogen-bond acceptors (Lipinski definition) is 6. The summed E-state index contributed by atoms with van der Waals surface area (Å²) in [6.07, 6.45) is 0. The molecule has 106 valence electrons. The molecule has 1 aromatic heterocycles. The number of amides is 1. The van der Waals surface area contributed by atoms with E-state index in [9.17, 15) is 4.79 Å². The minimum atomic E-state index is -0.933. The number of carbonyl (C=O) groups excluding carboxylic acids is 1. The Balaban J connectivity index is 2.03. The van der Waals surface area contributed by atoms with Crippen LogP contribution in [0.3, 0.4) is 0 Å². The second-order valence-electron chi connectivity index (χ2n) is 3.84. The number of rotatable bonds is 5. The second-order valence-corrected chi connectivity index (χ2v) is 5.13. The molecule has 1 aromatic carbocycles. The average Bonchev–Trinajstić information content (AvgIpc) is 2.93. The molecular weight excluding hydrogens is 312 g/mol. The molecule has 0 aliphatic rings. The van der Waals surface area contributed by atoms with Crippen LogP contribution >= 0.6 is 22.9 Å². The maximum Gasteiger partial charge on any atom is 0.281 e. The average molecular weight is 321 g/mol. The van der Waals surface area contributed by atoms with Crippen LogP contribution in [-0.4, -0.2) is 16.6 Å². The molecule has 0 fully saturated rings. The Hall–Kier alpha value is -2.43. The van der Waals surface area contributed by atoms with Crippen LogP contribution in [0.5, 0.6) is 0 Å². The Morgan fingerprint density at radius 2 is 2.19 bits per heavy atom. The summed E-state index contributed by atoms with van der Waals surface area (Å²) in [5.41, 5.74) is 6.01. The first-order chi connectivity index (χ1) is 10.1. The van der Waals surface area contributed by atoms with Gasteiger partial charge in [0, 0.05) is 16.0 Å². The van der Waals surface area contributed by atoms with E-state index in [0.29, 0.717) is 10.7 Å². The first-order valence-electron chi connectivity index (χ1n) is 5.70. The van der Waals surface area contributed by atoms with Gasteiger partial charge in [-0.3, -0.25) is 4.79 Å². The van der Waals surface area contributed by atoms with Crippen molar-refractivity contribution in [3.05, 3.63) is 40.4 Å². The zero-order valence-electron chi connectivity index (χ0n) is 10.6. The minimum Gasteiger partial charge on any atom is -0.388 e. The molecule has 0 saturated carbocycles. The van der Waals surface area contributed by atoms with Crippen molar-refractivity contribution in [3.63, 3.8) is 0 Å². The third kappa shape index (κ3) is 4.02. The van der Waals surface area contributed by atoms with Crippen molar-refractivity contribution in [1.29, 1.82) is 5.26 Å². The summed E-state index contributed by atoms with van der Waals surface area (Å²) in [5, 5.41) is 15.2. The molecule has 21 heavy (non-hydrogen) atoms. The van der Waals surface area contributed by atoms with E-state index in [1.165, 1.54) is 11.3 Å². The second kappa shape index (κ2) is 6.83. The van der Waals surface area contributed by atoms with E-state index in [1.54, 1.807) is 23.6 Å². The Morgan fingerprint density at radius 3 is 2.81 bits per heavy atom. The van der Waals surface area contributed by atoms with Crippen LogP contribution < -0.4 is 5.73 Å². The quantitative estimate of drug-likeness (QED) is 0.674. The summed E-state index contributed by atoms with van der Waals surface area (Å²) in [6, 6.07) is 8.84. The maximum atomic E-state index is 10.8. The van der Waals surface area contributed by atoms with E-state index >= 15 is 0 Å². The van der Waals surface area contributed by atoms with Gasteiger partial charge in [-0.15, -0.1) is 11.3 Å². The highest BCUT2D eigenvalue weighted by Crippen LogP contribution is 2.25. The van der Waals surface area contributed by atoms with Gasteiger partial charge in [0.15, 0.2) is 6.61 Å². The van der Waals surface area contributed by atoms with Gasteiger partial charge in [-0.25, -0.2) is 4.98 Å². The highest BCUT2D eigenvalue weighted by Gasteiger charge is 2.08. The van der Waals surface area contributed by atoms with Crippen LogP contribution in [0, 0.1) is 11.3 Å². The van der Waals surface area contributed by atoms with Gasteiger partial charge in [0.2, 0.25) is 5.71 Å². The molecule has 0 aliphatic carbocycles. The number of thiazole rings is 1. The lowest BCUT2D eigenvalue weighted by Gasteiger charge is -1.97. The Labute approximate surface area is 129 Å². The standard InChI is InChI=1S/C13H9ClN4O2S/c14-9-3-1-8(2-4-9)13-17-10(7-21-13)6-20-18-11(5-15)12(16)19/h1-4,7H,6H2,(H2,16,19)/b18-11-. The maximum absolute atomic E-state index is 10.8. The zero-order valence-corrected chi connectivity index (χ0v) is 12.2. The number of hydrogen-bond donors (Lipinski definition) is 1. The number of primary amides is 1. The van der Waals surface area contributed by atoms with E-state index in [-0.39, 0.29) is 6.61 Å². The van der Waals surface area contributed by atoms with Crippen LogP contribution in [0.15, 0.2) is 34.8 Å². The van der Waals surface area contributed by atoms with Gasteiger partial charge < -0.3 is 10.6 Å². The van der Waals surface area contributed by atoms with Crippen molar-refractivity contribution in [1.82, 2.24) is 4.98 Å². The van der Waals surface area contributed by atoms with E-state index in [2.05, 4.69) is 10.1 Å². The normalized spacial score (nSPS) is 11.0. The molecule has 0 radical (unpaired) electrons. The molecule has 0 bridgehead atoms. The Bertz CT molecular complexity index is 719. The van der Waals surface area contributed by atoms with Crippen LogP contribution in [0.2, 0.25) is 5.02 Å². The number of nitrogens with two attached hydrogens (primary N) is 1. The summed E-state index contributed by atoms with van der Waals surface area (Å²) in [7, 11) is 0. The topological polar surface area (TPSA) is 101 Å². The molecule has 2 N–H and O–H groups in total. The Kier molecular flexibility index (Phi) is 4.87. The number of benzene rings is 1. The SMILES string of the molecule is N#C/C(=N/OCc1csc(-c2ccc(Cl)cc2)n1)C(N)=O. The molecule has 0 aliphatic heterocycles. The van der Waals surface area contributed by atoms with Crippen molar-refractivity contribution >= 4 is 34.6 Å². The third-order valence-corrected chi connectivity index (χ3v) is 3.54. The fourth-order valence-corrected chi connectivity index (χ4v) is 2.32. The third-order valence-electron chi connectivity index (χ3n) is 2.35. The van der Waals surface area contributed by atoms with Crippen LogP contribution in [0.4, 0.5) is 0 Å². The van der Waals surface area contributed by atoms with E-state index < -0.39 is 11.6 Å². The minimum absolute atomic E-state index is 0.0442. The van der Waals surface area contributed by atoms with Crippen LogP contribution in [0.1, 0.15) is 5.69 Å². The highest BCUT2D eigenvalue weighted by atomic mass is 35.5. The number of nitrogens with zero attached hydrogens (tertiary/aromatic N) is 3. The summed E-state index contributed by atoms with van der Waals surface area (Å²) in [4.78, 5) is 20.0. The molecule has 0 unspecified atom stereocenters. The molecule has 2 rings (SSSR count). The lowest BCUT2D eigenvalue weighted by atomic mass is 10.2. The van der Waals surface area contributed by atoms with Gasteiger partial charge in [0.1, 0.15) is 11.1 Å². The van der Waals surface area contributed by atoms with Crippen LogP contribution in [0.25, 0.3) is 10.6 Å². The Morgan fingerprint density at radius 1 is 1.48 bits per heavy atom. The molecule has 1 heterocycles. The predicted molar refractivity (Wildman–Crippen MR) is 79.6 cm³/mol. The van der Waals surface area contributed by atoms with Gasteiger partial charge >= 0.3 is 0 Å². The van der Waals surface area contributed by atoms with Crippen molar-refractivity contribution in [2.45, 2.75) is 6.61 Å². The molecule has 8 heteroatoms. The molecule has 0 spiro atoms. The smallest absolute Gasteiger partial charge is 0.281 e. The monoisotopic (exact) mass is 320 g/mol. The van der Waals surface area contributed by atoms with E-state index in [1.807, 2.05) is 12.1 Å². The largest absolute Gasteiger partial charge is 0.388 e.